The second-order valence-corrected chi connectivity index (χ2v) is 4.03. The number of carbonyl (C=O) groups excluding carboxylic acids is 1. The van der Waals surface area contributed by atoms with E-state index in [-0.39, 0.29) is 5.92 Å². The molecule has 0 spiro atoms. The van der Waals surface area contributed by atoms with E-state index in [2.05, 4.69) is 0 Å². The first kappa shape index (κ1) is 13.6. The normalized spacial score (nSPS) is 11.9. The van der Waals surface area contributed by atoms with Crippen LogP contribution in [0.2, 0.25) is 0 Å². The van der Waals surface area contributed by atoms with Crippen LogP contribution in [0.5, 0.6) is 11.5 Å². The average molecular weight is 236 g/mol. The van der Waals surface area contributed by atoms with Gasteiger partial charge in [-0.25, -0.2) is 0 Å². The Morgan fingerprint density at radius 2 is 1.82 bits per heavy atom. The lowest BCUT2D eigenvalue weighted by molar-refractivity contribution is -0.122. The largest absolute Gasteiger partial charge is 0.497 e. The Bertz CT molecular complexity index is 343. The zero-order chi connectivity index (χ0) is 12.7. The number of ketones is 1. The third-order valence-electron chi connectivity index (χ3n) is 2.78. The molecule has 0 fully saturated rings. The molecule has 1 aromatic rings. The lowest BCUT2D eigenvalue weighted by atomic mass is 10.0. The average Bonchev–Trinajstić information content (AvgIpc) is 2.38. The highest BCUT2D eigenvalue weighted by Gasteiger charge is 2.10. The molecular formula is C14H20O3. The molecule has 0 heterocycles. The SMILES string of the molecule is CCC(=O)C(C)CCOc1ccc(OC)cc1. The molecule has 1 aromatic carbocycles. The smallest absolute Gasteiger partial charge is 0.135 e. The molecule has 3 heteroatoms. The van der Waals surface area contributed by atoms with Gasteiger partial charge in [0.15, 0.2) is 0 Å². The van der Waals surface area contributed by atoms with Crippen LogP contribution in [0, 0.1) is 5.92 Å². The zero-order valence-electron chi connectivity index (χ0n) is 10.7. The van der Waals surface area contributed by atoms with Gasteiger partial charge in [0.25, 0.3) is 0 Å². The highest BCUT2D eigenvalue weighted by molar-refractivity contribution is 5.80. The molecule has 0 bridgehead atoms. The van der Waals surface area contributed by atoms with E-state index >= 15 is 0 Å². The van der Waals surface area contributed by atoms with Gasteiger partial charge in [0.1, 0.15) is 17.3 Å². The first-order valence-electron chi connectivity index (χ1n) is 5.97. The van der Waals surface area contributed by atoms with Crippen molar-refractivity contribution in [2.24, 2.45) is 5.92 Å². The van der Waals surface area contributed by atoms with Crippen LogP contribution in [-0.4, -0.2) is 19.5 Å². The molecule has 3 nitrogen and oxygen atoms in total. The fourth-order valence-corrected chi connectivity index (χ4v) is 1.53. The summed E-state index contributed by atoms with van der Waals surface area (Å²) in [5.74, 6) is 2.00. The van der Waals surface area contributed by atoms with Crippen LogP contribution >= 0.6 is 0 Å². The summed E-state index contributed by atoms with van der Waals surface area (Å²) in [6.45, 7) is 4.41. The summed E-state index contributed by atoms with van der Waals surface area (Å²) in [5.41, 5.74) is 0. The van der Waals surface area contributed by atoms with Crippen LogP contribution in [0.1, 0.15) is 26.7 Å². The van der Waals surface area contributed by atoms with Crippen LogP contribution in [-0.2, 0) is 4.79 Å². The van der Waals surface area contributed by atoms with Crippen molar-refractivity contribution in [1.82, 2.24) is 0 Å². The lowest BCUT2D eigenvalue weighted by Crippen LogP contribution is -2.13. The fraction of sp³-hybridized carbons (Fsp3) is 0.500. The number of methoxy groups -OCH3 is 1. The van der Waals surface area contributed by atoms with E-state index in [1.54, 1.807) is 7.11 Å². The number of Topliss-reactive ketones (excluding diaryl/α,β-unsaturated/α-hetero) is 1. The first-order chi connectivity index (χ1) is 8.17. The second kappa shape index (κ2) is 6.94. The van der Waals surface area contributed by atoms with Crippen LogP contribution in [0.25, 0.3) is 0 Å². The molecule has 0 aliphatic carbocycles. The fourth-order valence-electron chi connectivity index (χ4n) is 1.53. The summed E-state index contributed by atoms with van der Waals surface area (Å²) in [7, 11) is 1.63. The number of hydrogen-bond acceptors (Lipinski definition) is 3. The van der Waals surface area contributed by atoms with Crippen molar-refractivity contribution in [3.05, 3.63) is 24.3 Å². The van der Waals surface area contributed by atoms with Gasteiger partial charge in [-0.2, -0.15) is 0 Å². The molecule has 0 N–H and O–H groups in total. The van der Waals surface area contributed by atoms with Crippen LogP contribution in [0.4, 0.5) is 0 Å². The van der Waals surface area contributed by atoms with Crippen molar-refractivity contribution in [2.75, 3.05) is 13.7 Å². The molecule has 1 atom stereocenters. The monoisotopic (exact) mass is 236 g/mol. The van der Waals surface area contributed by atoms with Crippen LogP contribution < -0.4 is 9.47 Å². The van der Waals surface area contributed by atoms with Gasteiger partial charge in [0.05, 0.1) is 13.7 Å². The summed E-state index contributed by atoms with van der Waals surface area (Å²) in [6.07, 6.45) is 1.36. The minimum atomic E-state index is 0.0817. The molecule has 0 amide bonds. The number of ether oxygens (including phenoxy) is 2. The molecule has 0 saturated heterocycles. The summed E-state index contributed by atoms with van der Waals surface area (Å²) in [6, 6.07) is 7.45. The maximum atomic E-state index is 11.4. The van der Waals surface area contributed by atoms with Gasteiger partial charge in [0, 0.05) is 12.3 Å². The van der Waals surface area contributed by atoms with Crippen molar-refractivity contribution in [2.45, 2.75) is 26.7 Å². The van der Waals surface area contributed by atoms with Gasteiger partial charge in [-0.1, -0.05) is 13.8 Å². The molecule has 17 heavy (non-hydrogen) atoms. The van der Waals surface area contributed by atoms with E-state index in [4.69, 9.17) is 9.47 Å². The van der Waals surface area contributed by atoms with Gasteiger partial charge in [0.2, 0.25) is 0 Å². The highest BCUT2D eigenvalue weighted by atomic mass is 16.5. The third-order valence-corrected chi connectivity index (χ3v) is 2.78. The Hall–Kier alpha value is -1.51. The molecule has 0 radical (unpaired) electrons. The third kappa shape index (κ3) is 4.47. The topological polar surface area (TPSA) is 35.5 Å². The van der Waals surface area contributed by atoms with Crippen molar-refractivity contribution >= 4 is 5.78 Å². The van der Waals surface area contributed by atoms with E-state index in [0.29, 0.717) is 18.8 Å². The van der Waals surface area contributed by atoms with E-state index in [0.717, 1.165) is 17.9 Å². The zero-order valence-corrected chi connectivity index (χ0v) is 10.7. The summed E-state index contributed by atoms with van der Waals surface area (Å²) in [4.78, 5) is 11.4. The first-order valence-corrected chi connectivity index (χ1v) is 5.97. The van der Waals surface area contributed by atoms with E-state index in [9.17, 15) is 4.79 Å². The molecule has 0 aliphatic heterocycles. The Morgan fingerprint density at radius 1 is 1.24 bits per heavy atom. The van der Waals surface area contributed by atoms with Gasteiger partial charge in [-0.3, -0.25) is 4.79 Å². The number of hydrogen-bond donors (Lipinski definition) is 0. The minimum Gasteiger partial charge on any atom is -0.497 e. The molecule has 0 aromatic heterocycles. The van der Waals surface area contributed by atoms with E-state index < -0.39 is 0 Å². The van der Waals surface area contributed by atoms with E-state index in [1.807, 2.05) is 38.1 Å². The lowest BCUT2D eigenvalue weighted by Gasteiger charge is -2.10. The Balaban J connectivity index is 2.33. The van der Waals surface area contributed by atoms with Crippen molar-refractivity contribution < 1.29 is 14.3 Å². The van der Waals surface area contributed by atoms with Gasteiger partial charge in [-0.05, 0) is 30.7 Å². The molecule has 94 valence electrons. The Labute approximate surface area is 103 Å². The summed E-state index contributed by atoms with van der Waals surface area (Å²) in [5, 5.41) is 0. The predicted octanol–water partition coefficient (Wildman–Crippen LogP) is 3.08. The highest BCUT2D eigenvalue weighted by Crippen LogP contribution is 2.17. The Kier molecular flexibility index (Phi) is 5.53. The van der Waals surface area contributed by atoms with Gasteiger partial charge >= 0.3 is 0 Å². The molecule has 1 rings (SSSR count). The van der Waals surface area contributed by atoms with Crippen molar-refractivity contribution in [3.8, 4) is 11.5 Å². The van der Waals surface area contributed by atoms with Crippen LogP contribution in [0.3, 0.4) is 0 Å². The predicted molar refractivity (Wildman–Crippen MR) is 67.6 cm³/mol. The quantitative estimate of drug-likeness (QED) is 0.729. The minimum absolute atomic E-state index is 0.0817. The molecular weight excluding hydrogens is 216 g/mol. The standard InChI is InChI=1S/C14H20O3/c1-4-14(15)11(2)9-10-17-13-7-5-12(16-3)6-8-13/h5-8,11H,4,9-10H2,1-3H3. The second-order valence-electron chi connectivity index (χ2n) is 4.03. The van der Waals surface area contributed by atoms with Crippen molar-refractivity contribution in [3.63, 3.8) is 0 Å². The summed E-state index contributed by atoms with van der Waals surface area (Å²) < 4.78 is 10.6. The maximum Gasteiger partial charge on any atom is 0.135 e. The Morgan fingerprint density at radius 3 is 2.35 bits per heavy atom. The number of carbonyl (C=O) groups is 1. The van der Waals surface area contributed by atoms with Gasteiger partial charge in [-0.15, -0.1) is 0 Å². The number of benzene rings is 1. The van der Waals surface area contributed by atoms with Gasteiger partial charge < -0.3 is 9.47 Å². The number of rotatable bonds is 7. The van der Waals surface area contributed by atoms with Crippen molar-refractivity contribution in [1.29, 1.82) is 0 Å². The van der Waals surface area contributed by atoms with Crippen LogP contribution in [0.15, 0.2) is 24.3 Å². The summed E-state index contributed by atoms with van der Waals surface area (Å²) >= 11 is 0. The molecule has 0 aliphatic rings. The molecule has 1 unspecified atom stereocenters. The molecule has 0 saturated carbocycles. The van der Waals surface area contributed by atoms with E-state index in [1.165, 1.54) is 0 Å². The maximum absolute atomic E-state index is 11.4.